The van der Waals surface area contributed by atoms with Crippen molar-refractivity contribution >= 4 is 11.9 Å². The van der Waals surface area contributed by atoms with Crippen molar-refractivity contribution in [3.8, 4) is 0 Å². The Labute approximate surface area is 105 Å². The fourth-order valence-electron chi connectivity index (χ4n) is 1.46. The number of nitrogens with one attached hydrogen (secondary N) is 1. The highest BCUT2D eigenvalue weighted by molar-refractivity contribution is 5.83. The van der Waals surface area contributed by atoms with Crippen LogP contribution >= 0.6 is 0 Å². The molecule has 18 heavy (non-hydrogen) atoms. The molecule has 0 radical (unpaired) electrons. The molecule has 1 unspecified atom stereocenters. The SMILES string of the molecule is O=C(CCc1cccnc1)NC(CCO)C(=O)O. The number of carbonyl (C=O) groups is 2. The maximum absolute atomic E-state index is 11.5. The number of hydrogen-bond donors (Lipinski definition) is 3. The molecule has 0 aliphatic carbocycles. The van der Waals surface area contributed by atoms with Crippen molar-refractivity contribution in [3.05, 3.63) is 30.1 Å². The maximum atomic E-state index is 11.5. The van der Waals surface area contributed by atoms with Crippen LogP contribution in [-0.4, -0.2) is 39.7 Å². The number of aryl methyl sites for hydroxylation is 1. The zero-order valence-corrected chi connectivity index (χ0v) is 9.87. The van der Waals surface area contributed by atoms with E-state index in [1.54, 1.807) is 18.5 Å². The average molecular weight is 252 g/mol. The van der Waals surface area contributed by atoms with E-state index in [0.29, 0.717) is 6.42 Å². The molecule has 0 aromatic carbocycles. The zero-order chi connectivity index (χ0) is 13.4. The number of aromatic nitrogens is 1. The molecule has 6 heteroatoms. The molecule has 1 aromatic heterocycles. The molecule has 0 aliphatic heterocycles. The summed E-state index contributed by atoms with van der Waals surface area (Å²) in [7, 11) is 0. The van der Waals surface area contributed by atoms with Gasteiger partial charge in [-0.15, -0.1) is 0 Å². The lowest BCUT2D eigenvalue weighted by Crippen LogP contribution is -2.41. The first-order chi connectivity index (χ1) is 8.63. The Morgan fingerprint density at radius 3 is 2.78 bits per heavy atom. The van der Waals surface area contributed by atoms with Crippen molar-refractivity contribution in [2.24, 2.45) is 0 Å². The van der Waals surface area contributed by atoms with Crippen molar-refractivity contribution in [3.63, 3.8) is 0 Å². The van der Waals surface area contributed by atoms with Gasteiger partial charge in [-0.3, -0.25) is 9.78 Å². The first kappa shape index (κ1) is 14.1. The average Bonchev–Trinajstić information content (AvgIpc) is 2.37. The lowest BCUT2D eigenvalue weighted by atomic mass is 10.1. The molecular weight excluding hydrogens is 236 g/mol. The summed E-state index contributed by atoms with van der Waals surface area (Å²) in [6, 6.07) is 2.60. The fourth-order valence-corrected chi connectivity index (χ4v) is 1.46. The van der Waals surface area contributed by atoms with Gasteiger partial charge < -0.3 is 15.5 Å². The second kappa shape index (κ2) is 7.39. The summed E-state index contributed by atoms with van der Waals surface area (Å²) >= 11 is 0. The highest BCUT2D eigenvalue weighted by Crippen LogP contribution is 2.01. The van der Waals surface area contributed by atoms with Crippen molar-refractivity contribution < 1.29 is 19.8 Å². The van der Waals surface area contributed by atoms with Crippen LogP contribution in [0.25, 0.3) is 0 Å². The lowest BCUT2D eigenvalue weighted by molar-refractivity contribution is -0.142. The summed E-state index contributed by atoms with van der Waals surface area (Å²) in [5, 5.41) is 19.9. The van der Waals surface area contributed by atoms with Gasteiger partial charge in [0.15, 0.2) is 0 Å². The predicted molar refractivity (Wildman–Crippen MR) is 63.8 cm³/mol. The second-order valence-electron chi connectivity index (χ2n) is 3.83. The molecule has 0 saturated heterocycles. The molecule has 0 bridgehead atoms. The Hall–Kier alpha value is -1.95. The number of carboxylic acid groups (broad SMARTS) is 1. The Morgan fingerprint density at radius 2 is 2.22 bits per heavy atom. The maximum Gasteiger partial charge on any atom is 0.326 e. The fraction of sp³-hybridized carbons (Fsp3) is 0.417. The third-order valence-electron chi connectivity index (χ3n) is 2.41. The van der Waals surface area contributed by atoms with Crippen LogP contribution in [0.4, 0.5) is 0 Å². The minimum Gasteiger partial charge on any atom is -0.480 e. The van der Waals surface area contributed by atoms with Gasteiger partial charge in [-0.2, -0.15) is 0 Å². The molecule has 0 aliphatic rings. The Bertz CT molecular complexity index is 394. The van der Waals surface area contributed by atoms with Gasteiger partial charge >= 0.3 is 5.97 Å². The van der Waals surface area contributed by atoms with Crippen molar-refractivity contribution in [1.29, 1.82) is 0 Å². The summed E-state index contributed by atoms with van der Waals surface area (Å²) < 4.78 is 0. The molecule has 1 rings (SSSR count). The molecular formula is C12H16N2O4. The van der Waals surface area contributed by atoms with Gasteiger partial charge in [0.05, 0.1) is 0 Å². The number of nitrogens with zero attached hydrogens (tertiary/aromatic N) is 1. The van der Waals surface area contributed by atoms with E-state index in [9.17, 15) is 9.59 Å². The van der Waals surface area contributed by atoms with E-state index in [-0.39, 0.29) is 25.4 Å². The summed E-state index contributed by atoms with van der Waals surface area (Å²) in [5.41, 5.74) is 0.918. The molecule has 1 aromatic rings. The predicted octanol–water partition coefficient (Wildman–Crippen LogP) is -0.0340. The summed E-state index contributed by atoms with van der Waals surface area (Å²) in [6.07, 6.45) is 4.01. The number of aliphatic carboxylic acids is 1. The van der Waals surface area contributed by atoms with E-state index in [1.807, 2.05) is 6.07 Å². The van der Waals surface area contributed by atoms with Crippen LogP contribution in [0.5, 0.6) is 0 Å². The number of aliphatic hydroxyl groups excluding tert-OH is 1. The van der Waals surface area contributed by atoms with Gasteiger partial charge in [0.25, 0.3) is 0 Å². The van der Waals surface area contributed by atoms with Crippen molar-refractivity contribution in [1.82, 2.24) is 10.3 Å². The highest BCUT2D eigenvalue weighted by Gasteiger charge is 2.18. The van der Waals surface area contributed by atoms with Gasteiger partial charge in [-0.05, 0) is 18.1 Å². The van der Waals surface area contributed by atoms with Gasteiger partial charge in [0, 0.05) is 31.8 Å². The smallest absolute Gasteiger partial charge is 0.326 e. The summed E-state index contributed by atoms with van der Waals surface area (Å²) in [4.78, 5) is 26.2. The van der Waals surface area contributed by atoms with E-state index < -0.39 is 12.0 Å². The second-order valence-corrected chi connectivity index (χ2v) is 3.83. The van der Waals surface area contributed by atoms with E-state index in [0.717, 1.165) is 5.56 Å². The topological polar surface area (TPSA) is 99.5 Å². The molecule has 0 spiro atoms. The quantitative estimate of drug-likeness (QED) is 0.632. The molecule has 6 nitrogen and oxygen atoms in total. The van der Waals surface area contributed by atoms with E-state index in [2.05, 4.69) is 10.3 Å². The molecule has 1 atom stereocenters. The van der Waals surface area contributed by atoms with Crippen LogP contribution in [0, 0.1) is 0 Å². The normalized spacial score (nSPS) is 11.8. The minimum absolute atomic E-state index is 0.00790. The number of pyridine rings is 1. The summed E-state index contributed by atoms with van der Waals surface area (Å²) in [6.45, 7) is -0.278. The highest BCUT2D eigenvalue weighted by atomic mass is 16.4. The van der Waals surface area contributed by atoms with Gasteiger partial charge in [-0.25, -0.2) is 4.79 Å². The lowest BCUT2D eigenvalue weighted by Gasteiger charge is -2.12. The molecule has 0 fully saturated rings. The first-order valence-corrected chi connectivity index (χ1v) is 5.65. The zero-order valence-electron chi connectivity index (χ0n) is 9.87. The van der Waals surface area contributed by atoms with Crippen LogP contribution in [0.15, 0.2) is 24.5 Å². The molecule has 1 amide bonds. The van der Waals surface area contributed by atoms with Crippen LogP contribution in [0.1, 0.15) is 18.4 Å². The third kappa shape index (κ3) is 4.92. The number of aliphatic hydroxyl groups is 1. The Kier molecular flexibility index (Phi) is 5.79. The molecule has 0 saturated carbocycles. The number of carboxylic acids is 1. The molecule has 1 heterocycles. The molecule has 3 N–H and O–H groups in total. The summed E-state index contributed by atoms with van der Waals surface area (Å²) in [5.74, 6) is -1.49. The van der Waals surface area contributed by atoms with Crippen LogP contribution in [-0.2, 0) is 16.0 Å². The Balaban J connectivity index is 2.39. The van der Waals surface area contributed by atoms with Gasteiger partial charge in [-0.1, -0.05) is 6.07 Å². The number of amides is 1. The van der Waals surface area contributed by atoms with E-state index >= 15 is 0 Å². The van der Waals surface area contributed by atoms with Crippen LogP contribution < -0.4 is 5.32 Å². The van der Waals surface area contributed by atoms with Crippen molar-refractivity contribution in [2.45, 2.75) is 25.3 Å². The Morgan fingerprint density at radius 1 is 1.44 bits per heavy atom. The van der Waals surface area contributed by atoms with E-state index in [4.69, 9.17) is 10.2 Å². The number of hydrogen-bond acceptors (Lipinski definition) is 4. The third-order valence-corrected chi connectivity index (χ3v) is 2.41. The van der Waals surface area contributed by atoms with E-state index in [1.165, 1.54) is 0 Å². The van der Waals surface area contributed by atoms with Gasteiger partial charge in [0.1, 0.15) is 6.04 Å². The minimum atomic E-state index is -1.14. The van der Waals surface area contributed by atoms with Crippen LogP contribution in [0.3, 0.4) is 0 Å². The number of carbonyl (C=O) groups excluding carboxylic acids is 1. The standard InChI is InChI=1S/C12H16N2O4/c15-7-5-10(12(17)18)14-11(16)4-3-9-2-1-6-13-8-9/h1-2,6,8,10,15H,3-5,7H2,(H,14,16)(H,17,18). The van der Waals surface area contributed by atoms with Gasteiger partial charge in [0.2, 0.25) is 5.91 Å². The van der Waals surface area contributed by atoms with Crippen LogP contribution in [0.2, 0.25) is 0 Å². The van der Waals surface area contributed by atoms with Crippen molar-refractivity contribution in [2.75, 3.05) is 6.61 Å². The largest absolute Gasteiger partial charge is 0.480 e. The molecule has 98 valence electrons. The monoisotopic (exact) mass is 252 g/mol. The number of rotatable bonds is 7. The first-order valence-electron chi connectivity index (χ1n) is 5.65.